The highest BCUT2D eigenvalue weighted by atomic mass is 127. The fourth-order valence-corrected chi connectivity index (χ4v) is 2.66. The Labute approximate surface area is 141 Å². The molecule has 1 N–H and O–H groups in total. The van der Waals surface area contributed by atoms with Gasteiger partial charge in [0.15, 0.2) is 12.4 Å². The monoisotopic (exact) mass is 449 g/mol. The molecular weight excluding hydrogens is 440 g/mol. The van der Waals surface area contributed by atoms with Gasteiger partial charge in [-0.15, -0.1) is 0 Å². The van der Waals surface area contributed by atoms with Gasteiger partial charge in [0.05, 0.1) is 21.1 Å². The molecule has 6 heteroatoms. The maximum atomic E-state index is 5.97. The lowest BCUT2D eigenvalue weighted by Gasteiger charge is -1.95. The Bertz CT molecular complexity index is 722. The van der Waals surface area contributed by atoms with E-state index in [1.54, 1.807) is 0 Å². The Balaban J connectivity index is 0.00000133. The maximum absolute atomic E-state index is 5.97. The van der Waals surface area contributed by atoms with Crippen LogP contribution in [0.1, 0.15) is 0 Å². The van der Waals surface area contributed by atoms with Gasteiger partial charge in [0.1, 0.15) is 12.9 Å². The molecule has 3 rings (SSSR count). The number of nitrogens with one attached hydrogen (secondary N) is 1. The number of H-pyrrole nitrogens is 1. The number of pyridine rings is 1. The summed E-state index contributed by atoms with van der Waals surface area (Å²) >= 11 is 9.45. The van der Waals surface area contributed by atoms with Crippen LogP contribution in [0, 0.1) is 0 Å². The number of imidazole rings is 1. The van der Waals surface area contributed by atoms with Gasteiger partial charge in [-0.05, 0) is 40.2 Å². The minimum absolute atomic E-state index is 0. The Morgan fingerprint density at radius 2 is 2.05 bits per heavy atom. The molecular formula is C13H10BrClIN3. The molecule has 19 heavy (non-hydrogen) atoms. The number of aromatic nitrogens is 3. The van der Waals surface area contributed by atoms with Crippen molar-refractivity contribution in [1.29, 1.82) is 0 Å². The molecule has 2 aromatic heterocycles. The summed E-state index contributed by atoms with van der Waals surface area (Å²) in [4.78, 5) is 7.84. The van der Waals surface area contributed by atoms with Gasteiger partial charge in [0.2, 0.25) is 0 Å². The van der Waals surface area contributed by atoms with E-state index in [9.17, 15) is 0 Å². The second-order valence-electron chi connectivity index (χ2n) is 4.16. The summed E-state index contributed by atoms with van der Waals surface area (Å²) in [5.41, 5.74) is 2.89. The predicted octanol–water partition coefficient (Wildman–Crippen LogP) is 0.474. The van der Waals surface area contributed by atoms with Gasteiger partial charge < -0.3 is 29.0 Å². The molecule has 0 amide bonds. The van der Waals surface area contributed by atoms with Crippen LogP contribution in [0.15, 0.2) is 41.1 Å². The van der Waals surface area contributed by atoms with E-state index in [1.807, 2.05) is 48.3 Å². The minimum Gasteiger partial charge on any atom is -1.00 e. The number of benzene rings is 1. The number of halogens is 3. The first-order valence-electron chi connectivity index (χ1n) is 5.43. The number of fused-ring (bicyclic) bond motifs is 1. The summed E-state index contributed by atoms with van der Waals surface area (Å²) in [6, 6.07) is 7.66. The molecule has 0 radical (unpaired) electrons. The molecule has 1 aromatic carbocycles. The van der Waals surface area contributed by atoms with Crippen molar-refractivity contribution in [1.82, 2.24) is 9.97 Å². The van der Waals surface area contributed by atoms with Crippen LogP contribution < -0.4 is 28.5 Å². The topological polar surface area (TPSA) is 32.6 Å². The highest BCUT2D eigenvalue weighted by Crippen LogP contribution is 2.23. The van der Waals surface area contributed by atoms with Crippen molar-refractivity contribution in [3.05, 3.63) is 46.2 Å². The fraction of sp³-hybridized carbons (Fsp3) is 0.0769. The first kappa shape index (κ1) is 14.7. The Morgan fingerprint density at radius 1 is 1.26 bits per heavy atom. The highest BCUT2D eigenvalue weighted by molar-refractivity contribution is 9.10. The average molecular weight is 451 g/mol. The van der Waals surface area contributed by atoms with E-state index in [1.165, 1.54) is 0 Å². The van der Waals surface area contributed by atoms with Crippen molar-refractivity contribution in [3.8, 4) is 11.4 Å². The van der Waals surface area contributed by atoms with Crippen LogP contribution in [0.5, 0.6) is 0 Å². The Hall–Kier alpha value is -0.660. The van der Waals surface area contributed by atoms with Gasteiger partial charge in [-0.1, -0.05) is 11.6 Å². The summed E-state index contributed by atoms with van der Waals surface area (Å²) < 4.78 is 3.00. The molecule has 0 aliphatic rings. The van der Waals surface area contributed by atoms with Crippen molar-refractivity contribution in [3.63, 3.8) is 0 Å². The Kier molecular flexibility index (Phi) is 4.47. The van der Waals surface area contributed by atoms with E-state index in [-0.39, 0.29) is 24.0 Å². The summed E-state index contributed by atoms with van der Waals surface area (Å²) in [7, 11) is 1.98. The third kappa shape index (κ3) is 3.09. The zero-order valence-corrected chi connectivity index (χ0v) is 14.5. The largest absolute Gasteiger partial charge is 1.00 e. The van der Waals surface area contributed by atoms with E-state index in [2.05, 4.69) is 25.9 Å². The molecule has 2 heterocycles. The van der Waals surface area contributed by atoms with Crippen LogP contribution in [0.4, 0.5) is 0 Å². The van der Waals surface area contributed by atoms with Crippen LogP contribution in [0.3, 0.4) is 0 Å². The van der Waals surface area contributed by atoms with Crippen LogP contribution in [0.2, 0.25) is 5.02 Å². The SMILES string of the molecule is C[n+]1cc(Br)cc(-c2nc3ccc(Cl)cc3[nH]2)c1.[I-]. The number of nitrogens with zero attached hydrogens (tertiary/aromatic N) is 2. The lowest BCUT2D eigenvalue weighted by atomic mass is 10.3. The lowest BCUT2D eigenvalue weighted by Crippen LogP contribution is -3.00. The molecule has 0 saturated heterocycles. The van der Waals surface area contributed by atoms with Crippen molar-refractivity contribution >= 4 is 38.6 Å². The molecule has 0 atom stereocenters. The normalized spacial score (nSPS) is 10.5. The fourth-order valence-electron chi connectivity index (χ4n) is 1.92. The highest BCUT2D eigenvalue weighted by Gasteiger charge is 2.10. The number of hydrogen-bond acceptors (Lipinski definition) is 1. The third-order valence-electron chi connectivity index (χ3n) is 2.68. The van der Waals surface area contributed by atoms with Gasteiger partial charge in [-0.3, -0.25) is 0 Å². The maximum Gasteiger partial charge on any atom is 0.182 e. The quantitative estimate of drug-likeness (QED) is 0.425. The first-order valence-corrected chi connectivity index (χ1v) is 6.60. The molecule has 0 aliphatic carbocycles. The van der Waals surface area contributed by atoms with E-state index >= 15 is 0 Å². The van der Waals surface area contributed by atoms with Crippen molar-refractivity contribution < 1.29 is 28.5 Å². The first-order chi connectivity index (χ1) is 8.61. The number of aryl methyl sites for hydroxylation is 1. The standard InChI is InChI=1S/C13H10BrClN3.HI/c1-18-6-8(4-9(14)7-18)13-16-11-3-2-10(15)5-12(11)17-13;/h2-7H,1H3,(H,16,17);1H/q+1;/p-1. The van der Waals surface area contributed by atoms with Crippen molar-refractivity contribution in [2.75, 3.05) is 0 Å². The van der Waals surface area contributed by atoms with Gasteiger partial charge >= 0.3 is 0 Å². The van der Waals surface area contributed by atoms with Gasteiger partial charge in [0, 0.05) is 5.02 Å². The zero-order valence-electron chi connectivity index (χ0n) is 9.99. The van der Waals surface area contributed by atoms with Crippen LogP contribution >= 0.6 is 27.5 Å². The van der Waals surface area contributed by atoms with E-state index in [4.69, 9.17) is 11.6 Å². The molecule has 3 aromatic rings. The number of rotatable bonds is 1. The van der Waals surface area contributed by atoms with E-state index in [0.29, 0.717) is 5.02 Å². The predicted molar refractivity (Wildman–Crippen MR) is 75.4 cm³/mol. The summed E-state index contributed by atoms with van der Waals surface area (Å²) in [6.07, 6.45) is 4.01. The molecule has 0 fully saturated rings. The van der Waals surface area contributed by atoms with Crippen LogP contribution in [0.25, 0.3) is 22.4 Å². The Morgan fingerprint density at radius 3 is 2.79 bits per heavy atom. The smallest absolute Gasteiger partial charge is 0.182 e. The zero-order chi connectivity index (χ0) is 12.7. The van der Waals surface area contributed by atoms with E-state index < -0.39 is 0 Å². The summed E-state index contributed by atoms with van der Waals surface area (Å²) in [6.45, 7) is 0. The molecule has 0 unspecified atom stereocenters. The van der Waals surface area contributed by atoms with Crippen LogP contribution in [-0.2, 0) is 7.05 Å². The van der Waals surface area contributed by atoms with Gasteiger partial charge in [-0.25, -0.2) is 9.55 Å². The second-order valence-corrected chi connectivity index (χ2v) is 5.51. The molecule has 98 valence electrons. The van der Waals surface area contributed by atoms with Crippen LogP contribution in [-0.4, -0.2) is 9.97 Å². The minimum atomic E-state index is 0. The van der Waals surface area contributed by atoms with Crippen molar-refractivity contribution in [2.45, 2.75) is 0 Å². The number of aromatic amines is 1. The molecule has 3 nitrogen and oxygen atoms in total. The van der Waals surface area contributed by atoms with E-state index in [0.717, 1.165) is 26.9 Å². The van der Waals surface area contributed by atoms with Gasteiger partial charge in [0.25, 0.3) is 0 Å². The second kappa shape index (κ2) is 5.76. The molecule has 0 saturated carbocycles. The molecule has 0 spiro atoms. The lowest BCUT2D eigenvalue weighted by molar-refractivity contribution is -0.671. The molecule has 0 aliphatic heterocycles. The average Bonchev–Trinajstić information content (AvgIpc) is 2.70. The summed E-state index contributed by atoms with van der Waals surface area (Å²) in [5, 5.41) is 0.706. The van der Waals surface area contributed by atoms with Crippen molar-refractivity contribution in [2.24, 2.45) is 7.05 Å². The van der Waals surface area contributed by atoms with Gasteiger partial charge in [-0.2, -0.15) is 0 Å². The third-order valence-corrected chi connectivity index (χ3v) is 3.35. The number of hydrogen-bond donors (Lipinski definition) is 1. The molecule has 0 bridgehead atoms. The summed E-state index contributed by atoms with van der Waals surface area (Å²) in [5.74, 6) is 0.837.